The lowest BCUT2D eigenvalue weighted by atomic mass is 9.90. The molecule has 11 heavy (non-hydrogen) atoms. The Kier molecular flexibility index (Phi) is 6.03. The van der Waals surface area contributed by atoms with E-state index in [2.05, 4.69) is 27.7 Å². The second-order valence-corrected chi connectivity index (χ2v) is 4.15. The molecule has 0 N–H and O–H groups in total. The minimum absolute atomic E-state index is 0.375. The van der Waals surface area contributed by atoms with Gasteiger partial charge in [0.15, 0.2) is 0 Å². The predicted octanol–water partition coefficient (Wildman–Crippen LogP) is 4.08. The average Bonchev–Trinajstić information content (AvgIpc) is 1.98. The molecule has 0 radical (unpaired) electrons. The summed E-state index contributed by atoms with van der Waals surface area (Å²) in [6.45, 7) is 8.87. The first kappa shape index (κ1) is 11.3. The lowest BCUT2D eigenvalue weighted by Gasteiger charge is -2.23. The Balaban J connectivity index is 3.81. The van der Waals surface area contributed by atoms with E-state index in [1.54, 1.807) is 0 Å². The van der Waals surface area contributed by atoms with Crippen LogP contribution in [0.15, 0.2) is 0 Å². The highest BCUT2D eigenvalue weighted by atomic mass is 35.5. The summed E-state index contributed by atoms with van der Waals surface area (Å²) in [5.74, 6) is 1.34. The van der Waals surface area contributed by atoms with Crippen molar-refractivity contribution in [2.24, 2.45) is 11.8 Å². The van der Waals surface area contributed by atoms with Gasteiger partial charge in [-0.25, -0.2) is 0 Å². The Morgan fingerprint density at radius 1 is 1.18 bits per heavy atom. The maximum absolute atomic E-state index is 6.26. The highest BCUT2D eigenvalue weighted by molar-refractivity contribution is 6.20. The van der Waals surface area contributed by atoms with Gasteiger partial charge in [0, 0.05) is 5.38 Å². The first-order valence-electron chi connectivity index (χ1n) is 4.77. The van der Waals surface area contributed by atoms with Crippen LogP contribution >= 0.6 is 11.6 Å². The van der Waals surface area contributed by atoms with Crippen LogP contribution in [-0.2, 0) is 0 Å². The van der Waals surface area contributed by atoms with Gasteiger partial charge in [0.25, 0.3) is 0 Å². The van der Waals surface area contributed by atoms with Crippen LogP contribution in [0.3, 0.4) is 0 Å². The van der Waals surface area contributed by atoms with Crippen LogP contribution in [0, 0.1) is 11.8 Å². The standard InChI is InChI=1S/C10H21Cl/c1-5-7-9(6-2)10(11)8(3)4/h8-10H,5-7H2,1-4H3. The van der Waals surface area contributed by atoms with Crippen LogP contribution in [0.5, 0.6) is 0 Å². The Morgan fingerprint density at radius 3 is 2.00 bits per heavy atom. The normalized spacial score (nSPS) is 16.9. The van der Waals surface area contributed by atoms with E-state index in [1.165, 1.54) is 19.3 Å². The molecule has 0 rings (SSSR count). The molecule has 1 heteroatoms. The van der Waals surface area contributed by atoms with Crippen molar-refractivity contribution in [1.82, 2.24) is 0 Å². The van der Waals surface area contributed by atoms with Crippen LogP contribution in [0.4, 0.5) is 0 Å². The van der Waals surface area contributed by atoms with E-state index in [9.17, 15) is 0 Å². The molecule has 2 atom stereocenters. The fourth-order valence-corrected chi connectivity index (χ4v) is 1.81. The number of alkyl halides is 1. The van der Waals surface area contributed by atoms with Gasteiger partial charge in [0.05, 0.1) is 0 Å². The second-order valence-electron chi connectivity index (χ2n) is 3.65. The van der Waals surface area contributed by atoms with Crippen molar-refractivity contribution in [3.8, 4) is 0 Å². The lowest BCUT2D eigenvalue weighted by Crippen LogP contribution is -2.19. The molecule has 0 spiro atoms. The van der Waals surface area contributed by atoms with Gasteiger partial charge in [-0.1, -0.05) is 40.5 Å². The van der Waals surface area contributed by atoms with E-state index in [-0.39, 0.29) is 0 Å². The zero-order chi connectivity index (χ0) is 8.85. The molecule has 0 saturated carbocycles. The molecule has 0 bridgehead atoms. The molecule has 0 saturated heterocycles. The van der Waals surface area contributed by atoms with E-state index in [0.717, 1.165) is 5.92 Å². The smallest absolute Gasteiger partial charge is 0.0387 e. The van der Waals surface area contributed by atoms with Crippen molar-refractivity contribution < 1.29 is 0 Å². The summed E-state index contributed by atoms with van der Waals surface area (Å²) in [7, 11) is 0. The van der Waals surface area contributed by atoms with Crippen LogP contribution in [-0.4, -0.2) is 5.38 Å². The molecule has 0 fully saturated rings. The van der Waals surface area contributed by atoms with E-state index in [4.69, 9.17) is 11.6 Å². The molecule has 0 heterocycles. The van der Waals surface area contributed by atoms with E-state index in [1.807, 2.05) is 0 Å². The van der Waals surface area contributed by atoms with E-state index in [0.29, 0.717) is 11.3 Å². The van der Waals surface area contributed by atoms with Crippen LogP contribution in [0.2, 0.25) is 0 Å². The number of rotatable bonds is 5. The minimum atomic E-state index is 0.375. The second kappa shape index (κ2) is 5.88. The molecule has 0 aliphatic heterocycles. The van der Waals surface area contributed by atoms with Gasteiger partial charge in [-0.05, 0) is 18.3 Å². The Labute approximate surface area is 76.3 Å². The Hall–Kier alpha value is 0.290. The maximum atomic E-state index is 6.26. The number of hydrogen-bond acceptors (Lipinski definition) is 0. The third-order valence-corrected chi connectivity index (χ3v) is 3.13. The predicted molar refractivity (Wildman–Crippen MR) is 53.2 cm³/mol. The summed E-state index contributed by atoms with van der Waals surface area (Å²) in [6.07, 6.45) is 3.76. The average molecular weight is 177 g/mol. The fourth-order valence-electron chi connectivity index (χ4n) is 1.50. The topological polar surface area (TPSA) is 0 Å². The van der Waals surface area contributed by atoms with Gasteiger partial charge in [-0.2, -0.15) is 0 Å². The molecule has 0 aromatic heterocycles. The highest BCUT2D eigenvalue weighted by Crippen LogP contribution is 2.25. The molecule has 0 aliphatic carbocycles. The van der Waals surface area contributed by atoms with Crippen molar-refractivity contribution in [2.45, 2.75) is 52.3 Å². The summed E-state index contributed by atoms with van der Waals surface area (Å²) < 4.78 is 0. The third kappa shape index (κ3) is 4.00. The van der Waals surface area contributed by atoms with Crippen molar-refractivity contribution in [3.63, 3.8) is 0 Å². The zero-order valence-corrected chi connectivity index (χ0v) is 8.99. The molecule has 68 valence electrons. The fraction of sp³-hybridized carbons (Fsp3) is 1.00. The van der Waals surface area contributed by atoms with E-state index >= 15 is 0 Å². The number of halogens is 1. The molecule has 0 aliphatic rings. The third-order valence-electron chi connectivity index (χ3n) is 2.27. The van der Waals surface area contributed by atoms with Gasteiger partial charge >= 0.3 is 0 Å². The van der Waals surface area contributed by atoms with Crippen molar-refractivity contribution in [2.75, 3.05) is 0 Å². The number of hydrogen-bond donors (Lipinski definition) is 0. The SMILES string of the molecule is CCCC(CC)C(Cl)C(C)C. The largest absolute Gasteiger partial charge is 0.122 e. The Bertz CT molecular complexity index is 88.9. The summed E-state index contributed by atoms with van der Waals surface area (Å²) in [5.41, 5.74) is 0. The van der Waals surface area contributed by atoms with Gasteiger partial charge in [-0.15, -0.1) is 11.6 Å². The summed E-state index contributed by atoms with van der Waals surface area (Å²) >= 11 is 6.26. The van der Waals surface area contributed by atoms with Crippen LogP contribution < -0.4 is 0 Å². The molecular formula is C10H21Cl. The van der Waals surface area contributed by atoms with Crippen molar-refractivity contribution >= 4 is 11.6 Å². The first-order chi connectivity index (χ1) is 5.13. The highest BCUT2D eigenvalue weighted by Gasteiger charge is 2.19. The van der Waals surface area contributed by atoms with Gasteiger partial charge in [-0.3, -0.25) is 0 Å². The monoisotopic (exact) mass is 176 g/mol. The molecule has 0 nitrogen and oxygen atoms in total. The lowest BCUT2D eigenvalue weighted by molar-refractivity contribution is 0.381. The van der Waals surface area contributed by atoms with E-state index < -0.39 is 0 Å². The summed E-state index contributed by atoms with van der Waals surface area (Å²) in [5, 5.41) is 0.375. The van der Waals surface area contributed by atoms with Gasteiger partial charge in [0.2, 0.25) is 0 Å². The summed E-state index contributed by atoms with van der Waals surface area (Å²) in [4.78, 5) is 0. The minimum Gasteiger partial charge on any atom is -0.122 e. The van der Waals surface area contributed by atoms with Gasteiger partial charge in [0.1, 0.15) is 0 Å². The van der Waals surface area contributed by atoms with Crippen molar-refractivity contribution in [1.29, 1.82) is 0 Å². The van der Waals surface area contributed by atoms with Gasteiger partial charge < -0.3 is 0 Å². The molecular weight excluding hydrogens is 156 g/mol. The Morgan fingerprint density at radius 2 is 1.73 bits per heavy atom. The molecule has 0 amide bonds. The molecule has 2 unspecified atom stereocenters. The quantitative estimate of drug-likeness (QED) is 0.554. The van der Waals surface area contributed by atoms with Crippen LogP contribution in [0.1, 0.15) is 47.0 Å². The van der Waals surface area contributed by atoms with Crippen molar-refractivity contribution in [3.05, 3.63) is 0 Å². The maximum Gasteiger partial charge on any atom is 0.0387 e. The summed E-state index contributed by atoms with van der Waals surface area (Å²) in [6, 6.07) is 0. The first-order valence-corrected chi connectivity index (χ1v) is 5.21. The zero-order valence-electron chi connectivity index (χ0n) is 8.23. The van der Waals surface area contributed by atoms with Crippen LogP contribution in [0.25, 0.3) is 0 Å². The molecule has 0 aromatic carbocycles. The molecule has 0 aromatic rings.